The molecule has 0 aromatic heterocycles. The van der Waals surface area contributed by atoms with E-state index in [1.54, 1.807) is 25.2 Å². The molecule has 5 nitrogen and oxygen atoms in total. The van der Waals surface area contributed by atoms with Crippen LogP contribution in [-0.2, 0) is 14.4 Å². The molecule has 0 atom stereocenters. The third-order valence-corrected chi connectivity index (χ3v) is 2.14. The molecule has 0 saturated heterocycles. The second-order valence-electron chi connectivity index (χ2n) is 3.52. The number of allylic oxidation sites excluding steroid dienone is 5. The SMILES string of the molecule is CC(=O)NC1=C2C=CC(=C1)C2=O.CCC(=O)O. The standard InChI is InChI=1S/C9H7NO2.C3H6O2/c1-5(11)10-8-4-6-2-3-7(8)9(6)12;1-2-3(4)5/h2-4H,1H3,(H,10,11);2H2,1H3,(H,4,5). The van der Waals surface area contributed by atoms with Gasteiger partial charge in [-0.05, 0) is 12.2 Å². The lowest BCUT2D eigenvalue weighted by Gasteiger charge is -2.01. The topological polar surface area (TPSA) is 83.5 Å². The number of fused-ring (bicyclic) bond motifs is 2. The molecule has 2 N–H and O–H groups in total. The van der Waals surface area contributed by atoms with E-state index in [4.69, 9.17) is 5.11 Å². The van der Waals surface area contributed by atoms with Gasteiger partial charge in [0.2, 0.25) is 5.91 Å². The Balaban J connectivity index is 0.000000249. The Kier molecular flexibility index (Phi) is 3.98. The summed E-state index contributed by atoms with van der Waals surface area (Å²) >= 11 is 0. The summed E-state index contributed by atoms with van der Waals surface area (Å²) in [5.41, 5.74) is 1.89. The second-order valence-corrected chi connectivity index (χ2v) is 3.52. The number of aliphatic carboxylic acids is 1. The van der Waals surface area contributed by atoms with Crippen LogP contribution in [0.1, 0.15) is 20.3 Å². The molecule has 0 fully saturated rings. The van der Waals surface area contributed by atoms with Crippen LogP contribution in [0.25, 0.3) is 0 Å². The molecule has 17 heavy (non-hydrogen) atoms. The number of carbonyl (C=O) groups is 3. The summed E-state index contributed by atoms with van der Waals surface area (Å²) in [7, 11) is 0. The van der Waals surface area contributed by atoms with E-state index in [-0.39, 0.29) is 18.1 Å². The molecule has 0 unspecified atom stereocenters. The molecule has 2 bridgehead atoms. The Hall–Kier alpha value is -2.17. The van der Waals surface area contributed by atoms with Crippen molar-refractivity contribution < 1.29 is 19.5 Å². The van der Waals surface area contributed by atoms with Gasteiger partial charge in [-0.25, -0.2) is 0 Å². The first-order valence-corrected chi connectivity index (χ1v) is 5.13. The molecule has 0 aromatic carbocycles. The summed E-state index contributed by atoms with van der Waals surface area (Å²) in [6.45, 7) is 3.02. The summed E-state index contributed by atoms with van der Waals surface area (Å²) in [6.07, 6.45) is 5.39. The van der Waals surface area contributed by atoms with Crippen LogP contribution in [0.2, 0.25) is 0 Å². The highest BCUT2D eigenvalue weighted by Gasteiger charge is 2.27. The van der Waals surface area contributed by atoms with Crippen LogP contribution in [0.3, 0.4) is 0 Å². The lowest BCUT2D eigenvalue weighted by Crippen LogP contribution is -2.18. The number of ketones is 1. The molecule has 2 aliphatic carbocycles. The number of carboxylic acids is 1. The molecule has 0 heterocycles. The minimum absolute atomic E-state index is 0.0127. The highest BCUT2D eigenvalue weighted by Crippen LogP contribution is 2.28. The van der Waals surface area contributed by atoms with Crippen molar-refractivity contribution in [1.82, 2.24) is 5.32 Å². The maximum absolute atomic E-state index is 11.2. The van der Waals surface area contributed by atoms with Crippen molar-refractivity contribution in [3.05, 3.63) is 35.1 Å². The van der Waals surface area contributed by atoms with Crippen molar-refractivity contribution >= 4 is 17.7 Å². The van der Waals surface area contributed by atoms with E-state index in [1.165, 1.54) is 6.92 Å². The fourth-order valence-corrected chi connectivity index (χ4v) is 1.33. The summed E-state index contributed by atoms with van der Waals surface area (Å²) in [4.78, 5) is 31.3. The van der Waals surface area contributed by atoms with Gasteiger partial charge in [0.1, 0.15) is 0 Å². The summed E-state index contributed by atoms with van der Waals surface area (Å²) in [5, 5.41) is 10.3. The van der Waals surface area contributed by atoms with E-state index in [2.05, 4.69) is 5.32 Å². The van der Waals surface area contributed by atoms with Gasteiger partial charge in [-0.2, -0.15) is 0 Å². The van der Waals surface area contributed by atoms with E-state index < -0.39 is 5.97 Å². The number of carboxylic acid groups (broad SMARTS) is 1. The minimum Gasteiger partial charge on any atom is -0.481 e. The van der Waals surface area contributed by atoms with Crippen molar-refractivity contribution in [2.24, 2.45) is 0 Å². The number of carbonyl (C=O) groups excluding carboxylic acids is 2. The highest BCUT2D eigenvalue weighted by atomic mass is 16.4. The smallest absolute Gasteiger partial charge is 0.303 e. The van der Waals surface area contributed by atoms with E-state index in [1.807, 2.05) is 0 Å². The van der Waals surface area contributed by atoms with Crippen molar-refractivity contribution in [1.29, 1.82) is 0 Å². The lowest BCUT2D eigenvalue weighted by atomic mass is 10.2. The zero-order valence-corrected chi connectivity index (χ0v) is 9.61. The van der Waals surface area contributed by atoms with Crippen molar-refractivity contribution in [2.45, 2.75) is 20.3 Å². The predicted molar refractivity (Wildman–Crippen MR) is 61.0 cm³/mol. The number of nitrogens with one attached hydrogen (secondary N) is 1. The van der Waals surface area contributed by atoms with Crippen LogP contribution in [-0.4, -0.2) is 22.8 Å². The van der Waals surface area contributed by atoms with Crippen LogP contribution in [0, 0.1) is 0 Å². The number of rotatable bonds is 2. The van der Waals surface area contributed by atoms with Gasteiger partial charge in [-0.3, -0.25) is 14.4 Å². The van der Waals surface area contributed by atoms with Gasteiger partial charge in [0.25, 0.3) is 0 Å². The average Bonchev–Trinajstić information content (AvgIpc) is 2.74. The Morgan fingerprint density at radius 3 is 2.24 bits per heavy atom. The number of hydrogen-bond acceptors (Lipinski definition) is 3. The van der Waals surface area contributed by atoms with Crippen LogP contribution in [0.4, 0.5) is 0 Å². The van der Waals surface area contributed by atoms with Crippen LogP contribution < -0.4 is 5.32 Å². The maximum atomic E-state index is 11.2. The summed E-state index contributed by atoms with van der Waals surface area (Å²) < 4.78 is 0. The maximum Gasteiger partial charge on any atom is 0.303 e. The van der Waals surface area contributed by atoms with Crippen LogP contribution in [0.5, 0.6) is 0 Å². The molecular formula is C12H13NO4. The van der Waals surface area contributed by atoms with Crippen molar-refractivity contribution in [3.63, 3.8) is 0 Å². The zero-order valence-electron chi connectivity index (χ0n) is 9.61. The molecule has 2 rings (SSSR count). The normalized spacial score (nSPS) is 15.4. The van der Waals surface area contributed by atoms with Gasteiger partial charge < -0.3 is 10.4 Å². The van der Waals surface area contributed by atoms with E-state index in [0.717, 1.165) is 0 Å². The molecule has 1 amide bonds. The van der Waals surface area contributed by atoms with Gasteiger partial charge in [0.15, 0.2) is 5.78 Å². The largest absolute Gasteiger partial charge is 0.481 e. The molecule has 0 radical (unpaired) electrons. The number of Topliss-reactive ketones (excluding diaryl/α,β-unsaturated/α-hetero) is 1. The van der Waals surface area contributed by atoms with Crippen molar-refractivity contribution in [3.8, 4) is 0 Å². The molecule has 0 saturated carbocycles. The van der Waals surface area contributed by atoms with E-state index >= 15 is 0 Å². The number of hydrogen-bond donors (Lipinski definition) is 2. The first-order valence-electron chi connectivity index (χ1n) is 5.13. The van der Waals surface area contributed by atoms with Gasteiger partial charge in [-0.15, -0.1) is 0 Å². The number of amides is 1. The molecule has 90 valence electrons. The summed E-state index contributed by atoms with van der Waals surface area (Å²) in [5.74, 6) is -0.883. The van der Waals surface area contributed by atoms with Gasteiger partial charge in [0.05, 0.1) is 5.70 Å². The first kappa shape index (κ1) is 12.9. The Morgan fingerprint density at radius 1 is 1.35 bits per heavy atom. The third-order valence-electron chi connectivity index (χ3n) is 2.14. The zero-order chi connectivity index (χ0) is 13.0. The quantitative estimate of drug-likeness (QED) is 0.746. The molecular weight excluding hydrogens is 222 g/mol. The third kappa shape index (κ3) is 3.14. The Morgan fingerprint density at radius 2 is 1.94 bits per heavy atom. The van der Waals surface area contributed by atoms with Gasteiger partial charge in [-0.1, -0.05) is 13.0 Å². The lowest BCUT2D eigenvalue weighted by molar-refractivity contribution is -0.136. The molecule has 0 aromatic rings. The fourth-order valence-electron chi connectivity index (χ4n) is 1.33. The molecule has 0 aliphatic heterocycles. The Labute approximate surface area is 98.5 Å². The summed E-state index contributed by atoms with van der Waals surface area (Å²) in [6, 6.07) is 0. The fraction of sp³-hybridized carbons (Fsp3) is 0.250. The van der Waals surface area contributed by atoms with Crippen molar-refractivity contribution in [2.75, 3.05) is 0 Å². The van der Waals surface area contributed by atoms with E-state index in [9.17, 15) is 14.4 Å². The average molecular weight is 235 g/mol. The van der Waals surface area contributed by atoms with Crippen LogP contribution in [0.15, 0.2) is 35.1 Å². The molecule has 0 spiro atoms. The Bertz CT molecular complexity index is 469. The molecule has 2 aliphatic rings. The second kappa shape index (κ2) is 5.25. The predicted octanol–water partition coefficient (Wildman–Crippen LogP) is 0.937. The monoisotopic (exact) mass is 235 g/mol. The van der Waals surface area contributed by atoms with Gasteiger partial charge in [0, 0.05) is 24.5 Å². The highest BCUT2D eigenvalue weighted by molar-refractivity contribution is 6.19. The van der Waals surface area contributed by atoms with E-state index in [0.29, 0.717) is 16.8 Å². The molecule has 5 heteroatoms. The minimum atomic E-state index is -0.745. The first-order chi connectivity index (χ1) is 7.95. The van der Waals surface area contributed by atoms with Gasteiger partial charge >= 0.3 is 5.97 Å². The van der Waals surface area contributed by atoms with Crippen LogP contribution >= 0.6 is 0 Å².